The summed E-state index contributed by atoms with van der Waals surface area (Å²) >= 11 is 1.37. The average molecular weight is 347 g/mol. The zero-order valence-electron chi connectivity index (χ0n) is 13.9. The maximum atomic E-state index is 12.4. The molecule has 2 aromatic rings. The molecule has 1 aliphatic rings. The van der Waals surface area contributed by atoms with Gasteiger partial charge in [-0.05, 0) is 53.5 Å². The van der Waals surface area contributed by atoms with Crippen molar-refractivity contribution in [3.8, 4) is 11.4 Å². The summed E-state index contributed by atoms with van der Waals surface area (Å²) in [4.78, 5) is 14.3. The van der Waals surface area contributed by atoms with E-state index in [1.54, 1.807) is 11.8 Å². The van der Waals surface area contributed by atoms with Crippen LogP contribution in [0.1, 0.15) is 19.8 Å². The van der Waals surface area contributed by atoms with Gasteiger partial charge in [-0.15, -0.1) is 5.10 Å². The minimum Gasteiger partial charge on any atom is -0.497 e. The highest BCUT2D eigenvalue weighted by Crippen LogP contribution is 2.22. The number of methoxy groups -OCH3 is 1. The maximum Gasteiger partial charge on any atom is 0.233 e. The van der Waals surface area contributed by atoms with Gasteiger partial charge in [0, 0.05) is 13.1 Å². The van der Waals surface area contributed by atoms with Gasteiger partial charge < -0.3 is 9.64 Å². The lowest BCUT2D eigenvalue weighted by molar-refractivity contribution is -0.130. The first-order valence-electron chi connectivity index (χ1n) is 8.00. The summed E-state index contributed by atoms with van der Waals surface area (Å²) in [5.41, 5.74) is 0.836. The minimum absolute atomic E-state index is 0.149. The number of thioether (sulfide) groups is 1. The van der Waals surface area contributed by atoms with Crippen LogP contribution < -0.4 is 4.74 Å². The van der Waals surface area contributed by atoms with Crippen molar-refractivity contribution in [2.45, 2.75) is 24.9 Å². The van der Waals surface area contributed by atoms with E-state index in [1.165, 1.54) is 18.2 Å². The van der Waals surface area contributed by atoms with E-state index in [4.69, 9.17) is 4.74 Å². The van der Waals surface area contributed by atoms with Crippen molar-refractivity contribution in [2.24, 2.45) is 5.92 Å². The molecule has 2 heterocycles. The van der Waals surface area contributed by atoms with Crippen LogP contribution in [0.2, 0.25) is 0 Å². The summed E-state index contributed by atoms with van der Waals surface area (Å²) < 4.78 is 6.79. The highest BCUT2D eigenvalue weighted by atomic mass is 32.2. The smallest absolute Gasteiger partial charge is 0.233 e. The molecule has 1 aromatic heterocycles. The Morgan fingerprint density at radius 2 is 2.17 bits per heavy atom. The second-order valence-electron chi connectivity index (χ2n) is 5.95. The van der Waals surface area contributed by atoms with E-state index in [-0.39, 0.29) is 5.91 Å². The molecule has 1 atom stereocenters. The maximum absolute atomic E-state index is 12.4. The summed E-state index contributed by atoms with van der Waals surface area (Å²) in [6.07, 6.45) is 2.29. The topological polar surface area (TPSA) is 73.1 Å². The van der Waals surface area contributed by atoms with Crippen LogP contribution in [0.5, 0.6) is 5.75 Å². The molecule has 128 valence electrons. The first-order chi connectivity index (χ1) is 11.7. The highest BCUT2D eigenvalue weighted by molar-refractivity contribution is 7.99. The minimum atomic E-state index is 0.149. The molecule has 1 amide bonds. The molecule has 0 radical (unpaired) electrons. The predicted molar refractivity (Wildman–Crippen MR) is 91.4 cm³/mol. The Morgan fingerprint density at radius 1 is 1.38 bits per heavy atom. The molecule has 1 aromatic carbocycles. The molecule has 24 heavy (non-hydrogen) atoms. The van der Waals surface area contributed by atoms with Gasteiger partial charge in [0.1, 0.15) is 5.75 Å². The van der Waals surface area contributed by atoms with Crippen molar-refractivity contribution in [2.75, 3.05) is 26.0 Å². The number of hydrogen-bond donors (Lipinski definition) is 0. The van der Waals surface area contributed by atoms with Crippen molar-refractivity contribution in [3.05, 3.63) is 24.3 Å². The lowest BCUT2D eigenvalue weighted by atomic mass is 10.0. The number of likely N-dealkylation sites (tertiary alicyclic amines) is 1. The van der Waals surface area contributed by atoms with Gasteiger partial charge in [-0.25, -0.2) is 0 Å². The zero-order chi connectivity index (χ0) is 16.9. The van der Waals surface area contributed by atoms with E-state index in [0.717, 1.165) is 30.9 Å². The van der Waals surface area contributed by atoms with Crippen molar-refractivity contribution < 1.29 is 9.53 Å². The second kappa shape index (κ2) is 7.65. The van der Waals surface area contributed by atoms with Gasteiger partial charge >= 0.3 is 0 Å². The van der Waals surface area contributed by atoms with Crippen LogP contribution in [-0.2, 0) is 4.79 Å². The van der Waals surface area contributed by atoms with E-state index >= 15 is 0 Å². The second-order valence-corrected chi connectivity index (χ2v) is 6.89. The Balaban J connectivity index is 1.64. The normalized spacial score (nSPS) is 17.8. The van der Waals surface area contributed by atoms with E-state index < -0.39 is 0 Å². The lowest BCUT2D eigenvalue weighted by Gasteiger charge is -2.30. The van der Waals surface area contributed by atoms with Crippen molar-refractivity contribution >= 4 is 17.7 Å². The van der Waals surface area contributed by atoms with Gasteiger partial charge in [0.15, 0.2) is 0 Å². The molecule has 3 rings (SSSR count). The average Bonchev–Trinajstić information content (AvgIpc) is 3.08. The lowest BCUT2D eigenvalue weighted by Crippen LogP contribution is -2.40. The van der Waals surface area contributed by atoms with E-state index in [0.29, 0.717) is 16.8 Å². The van der Waals surface area contributed by atoms with Gasteiger partial charge in [-0.2, -0.15) is 4.68 Å². The van der Waals surface area contributed by atoms with Gasteiger partial charge in [0.05, 0.1) is 18.6 Å². The molecule has 1 aliphatic heterocycles. The van der Waals surface area contributed by atoms with Gasteiger partial charge in [0.25, 0.3) is 0 Å². The molecule has 0 N–H and O–H groups in total. The number of benzene rings is 1. The number of tetrazole rings is 1. The fourth-order valence-electron chi connectivity index (χ4n) is 2.79. The molecular weight excluding hydrogens is 326 g/mol. The monoisotopic (exact) mass is 347 g/mol. The molecule has 1 fully saturated rings. The first kappa shape index (κ1) is 16.8. The van der Waals surface area contributed by atoms with E-state index in [1.807, 2.05) is 29.2 Å². The molecule has 0 spiro atoms. The fraction of sp³-hybridized carbons (Fsp3) is 0.500. The number of amides is 1. The number of nitrogens with zero attached hydrogens (tertiary/aromatic N) is 5. The van der Waals surface area contributed by atoms with Crippen molar-refractivity contribution in [1.29, 1.82) is 0 Å². The molecule has 8 heteroatoms. The molecule has 0 bridgehead atoms. The Morgan fingerprint density at radius 3 is 2.88 bits per heavy atom. The molecule has 7 nitrogen and oxygen atoms in total. The molecular formula is C16H21N5O2S. The Hall–Kier alpha value is -2.09. The summed E-state index contributed by atoms with van der Waals surface area (Å²) in [5, 5.41) is 12.4. The van der Waals surface area contributed by atoms with Gasteiger partial charge in [-0.1, -0.05) is 18.7 Å². The standard InChI is InChI=1S/C16H21N5O2S/c1-12-4-3-9-20(10-12)15(22)11-24-16-17-18-19-21(16)13-5-7-14(23-2)8-6-13/h5-8,12H,3-4,9-11H2,1-2H3/t12-/m1/s1. The van der Waals surface area contributed by atoms with Crippen LogP contribution in [0, 0.1) is 5.92 Å². The van der Waals surface area contributed by atoms with Crippen LogP contribution in [0.15, 0.2) is 29.4 Å². The number of aromatic nitrogens is 4. The molecule has 0 aliphatic carbocycles. The largest absolute Gasteiger partial charge is 0.497 e. The third-order valence-corrected chi connectivity index (χ3v) is 5.00. The number of hydrogen-bond acceptors (Lipinski definition) is 6. The van der Waals surface area contributed by atoms with Gasteiger partial charge in [0.2, 0.25) is 11.1 Å². The number of rotatable bonds is 5. The molecule has 0 saturated carbocycles. The quantitative estimate of drug-likeness (QED) is 0.771. The summed E-state index contributed by atoms with van der Waals surface area (Å²) in [5.74, 6) is 1.85. The van der Waals surface area contributed by atoms with Crippen LogP contribution in [0.3, 0.4) is 0 Å². The summed E-state index contributed by atoms with van der Waals surface area (Å²) in [6.45, 7) is 3.90. The van der Waals surface area contributed by atoms with Crippen molar-refractivity contribution in [3.63, 3.8) is 0 Å². The summed E-state index contributed by atoms with van der Waals surface area (Å²) in [6, 6.07) is 7.47. The third-order valence-electron chi connectivity index (χ3n) is 4.09. The molecule has 1 saturated heterocycles. The Bertz CT molecular complexity index is 688. The van der Waals surface area contributed by atoms with Crippen LogP contribution in [0.25, 0.3) is 5.69 Å². The zero-order valence-corrected chi connectivity index (χ0v) is 14.7. The number of carbonyl (C=O) groups is 1. The number of ether oxygens (including phenoxy) is 1. The van der Waals surface area contributed by atoms with Crippen LogP contribution in [-0.4, -0.2) is 57.0 Å². The number of carbonyl (C=O) groups excluding carboxylic acids is 1. The van der Waals surface area contributed by atoms with E-state index in [9.17, 15) is 4.79 Å². The first-order valence-corrected chi connectivity index (χ1v) is 8.99. The Kier molecular flexibility index (Phi) is 5.34. The Labute approximate surface area is 145 Å². The van der Waals surface area contributed by atoms with E-state index in [2.05, 4.69) is 22.4 Å². The van der Waals surface area contributed by atoms with Gasteiger partial charge in [-0.3, -0.25) is 4.79 Å². The molecule has 0 unspecified atom stereocenters. The third kappa shape index (κ3) is 3.87. The SMILES string of the molecule is COc1ccc(-n2nnnc2SCC(=O)N2CCC[C@@H](C)C2)cc1. The number of piperidine rings is 1. The van der Waals surface area contributed by atoms with Crippen LogP contribution in [0.4, 0.5) is 0 Å². The fourth-order valence-corrected chi connectivity index (χ4v) is 3.58. The predicted octanol–water partition coefficient (Wildman–Crippen LogP) is 2.02. The summed E-state index contributed by atoms with van der Waals surface area (Å²) in [7, 11) is 1.63. The highest BCUT2D eigenvalue weighted by Gasteiger charge is 2.21. The van der Waals surface area contributed by atoms with Crippen LogP contribution >= 0.6 is 11.8 Å². The van der Waals surface area contributed by atoms with Crippen molar-refractivity contribution in [1.82, 2.24) is 25.1 Å².